The summed E-state index contributed by atoms with van der Waals surface area (Å²) in [5, 5.41) is 27.0. The van der Waals surface area contributed by atoms with Crippen LogP contribution in [0.2, 0.25) is 0 Å². The molecule has 32 heavy (non-hydrogen) atoms. The van der Waals surface area contributed by atoms with Gasteiger partial charge in [-0.05, 0) is 66.1 Å². The SMILES string of the molecule is O=C(Nc1cn2nc(Sc3nnc4ccc(-c5ccnc(O)c5)cn34)ccc2n1)C1CC1. The molecule has 11 heteroatoms. The van der Waals surface area contributed by atoms with Crippen molar-refractivity contribution in [3.63, 3.8) is 0 Å². The average Bonchev–Trinajstić information content (AvgIpc) is 3.47. The van der Waals surface area contributed by atoms with Crippen molar-refractivity contribution >= 4 is 34.8 Å². The van der Waals surface area contributed by atoms with Gasteiger partial charge in [-0.25, -0.2) is 14.5 Å². The van der Waals surface area contributed by atoms with Crippen LogP contribution in [0.4, 0.5) is 5.82 Å². The van der Waals surface area contributed by atoms with Crippen LogP contribution < -0.4 is 5.32 Å². The molecular weight excluding hydrogens is 428 g/mol. The molecule has 1 fully saturated rings. The minimum Gasteiger partial charge on any atom is -0.493 e. The van der Waals surface area contributed by atoms with Crippen LogP contribution in [-0.2, 0) is 4.79 Å². The van der Waals surface area contributed by atoms with Gasteiger partial charge in [0.1, 0.15) is 5.03 Å². The van der Waals surface area contributed by atoms with Crippen molar-refractivity contribution in [2.75, 3.05) is 5.32 Å². The second-order valence-electron chi connectivity index (χ2n) is 7.50. The van der Waals surface area contributed by atoms with Crippen LogP contribution in [0.5, 0.6) is 5.88 Å². The number of amides is 1. The Bertz CT molecular complexity index is 1490. The van der Waals surface area contributed by atoms with Crippen LogP contribution in [0.1, 0.15) is 12.8 Å². The highest BCUT2D eigenvalue weighted by Gasteiger charge is 2.30. The first-order chi connectivity index (χ1) is 15.6. The van der Waals surface area contributed by atoms with Crippen molar-refractivity contribution in [2.24, 2.45) is 5.92 Å². The Morgan fingerprint density at radius 3 is 2.78 bits per heavy atom. The Labute approximate surface area is 185 Å². The zero-order valence-corrected chi connectivity index (χ0v) is 17.4. The van der Waals surface area contributed by atoms with E-state index in [1.807, 2.05) is 40.9 Å². The number of nitrogens with zero attached hydrogens (tertiary/aromatic N) is 7. The topological polar surface area (TPSA) is 123 Å². The number of hydrogen-bond acceptors (Lipinski definition) is 8. The maximum Gasteiger partial charge on any atom is 0.228 e. The molecule has 5 aromatic rings. The summed E-state index contributed by atoms with van der Waals surface area (Å²) < 4.78 is 3.51. The summed E-state index contributed by atoms with van der Waals surface area (Å²) in [7, 11) is 0. The number of hydrogen-bond donors (Lipinski definition) is 2. The van der Waals surface area contributed by atoms with E-state index in [0.717, 1.165) is 24.0 Å². The van der Waals surface area contributed by atoms with Crippen LogP contribution in [-0.4, -0.2) is 45.2 Å². The van der Waals surface area contributed by atoms with Crippen molar-refractivity contribution < 1.29 is 9.90 Å². The predicted molar refractivity (Wildman–Crippen MR) is 116 cm³/mol. The van der Waals surface area contributed by atoms with Gasteiger partial charge in [0.25, 0.3) is 0 Å². The number of fused-ring (bicyclic) bond motifs is 2. The minimum absolute atomic E-state index is 0.0104. The van der Waals surface area contributed by atoms with Crippen LogP contribution >= 0.6 is 11.8 Å². The van der Waals surface area contributed by atoms with Crippen LogP contribution in [0, 0.1) is 5.92 Å². The van der Waals surface area contributed by atoms with Gasteiger partial charge in [-0.2, -0.15) is 5.10 Å². The summed E-state index contributed by atoms with van der Waals surface area (Å²) in [6, 6.07) is 10.9. The van der Waals surface area contributed by atoms with Gasteiger partial charge in [0, 0.05) is 24.4 Å². The summed E-state index contributed by atoms with van der Waals surface area (Å²) in [6.07, 6.45) is 7.05. The maximum atomic E-state index is 12.0. The number of carbonyl (C=O) groups is 1. The Morgan fingerprint density at radius 1 is 1.06 bits per heavy atom. The molecule has 0 radical (unpaired) electrons. The molecule has 0 atom stereocenters. The quantitative estimate of drug-likeness (QED) is 0.424. The number of aromatic nitrogens is 7. The number of anilines is 1. The zero-order chi connectivity index (χ0) is 21.7. The Kier molecular flexibility index (Phi) is 4.28. The van der Waals surface area contributed by atoms with E-state index >= 15 is 0 Å². The molecule has 0 bridgehead atoms. The predicted octanol–water partition coefficient (Wildman–Crippen LogP) is 3.04. The molecule has 1 saturated carbocycles. The van der Waals surface area contributed by atoms with Gasteiger partial charge in [0.2, 0.25) is 16.9 Å². The van der Waals surface area contributed by atoms with Crippen LogP contribution in [0.15, 0.2) is 65.2 Å². The Balaban J connectivity index is 1.29. The van der Waals surface area contributed by atoms with Gasteiger partial charge in [-0.15, -0.1) is 10.2 Å². The smallest absolute Gasteiger partial charge is 0.228 e. The fourth-order valence-electron chi connectivity index (χ4n) is 3.35. The molecule has 158 valence electrons. The van der Waals surface area contributed by atoms with E-state index in [9.17, 15) is 9.90 Å². The summed E-state index contributed by atoms with van der Waals surface area (Å²) in [4.78, 5) is 20.2. The van der Waals surface area contributed by atoms with E-state index in [2.05, 4.69) is 30.6 Å². The zero-order valence-electron chi connectivity index (χ0n) is 16.6. The van der Waals surface area contributed by atoms with E-state index in [4.69, 9.17) is 0 Å². The number of aromatic hydroxyl groups is 1. The lowest BCUT2D eigenvalue weighted by Gasteiger charge is -2.04. The lowest BCUT2D eigenvalue weighted by molar-refractivity contribution is -0.117. The van der Waals surface area contributed by atoms with Crippen molar-refractivity contribution in [2.45, 2.75) is 23.0 Å². The third kappa shape index (κ3) is 3.52. The molecule has 5 aromatic heterocycles. The van der Waals surface area contributed by atoms with E-state index < -0.39 is 0 Å². The third-order valence-corrected chi connectivity index (χ3v) is 6.03. The second-order valence-corrected chi connectivity index (χ2v) is 8.48. The van der Waals surface area contributed by atoms with Crippen molar-refractivity contribution in [1.29, 1.82) is 0 Å². The number of nitrogens with one attached hydrogen (secondary N) is 1. The van der Waals surface area contributed by atoms with Crippen LogP contribution in [0.25, 0.3) is 22.4 Å². The summed E-state index contributed by atoms with van der Waals surface area (Å²) in [5.74, 6) is 0.582. The average molecular weight is 444 g/mol. The normalized spacial score (nSPS) is 13.6. The number of carbonyl (C=O) groups excluding carboxylic acids is 1. The summed E-state index contributed by atoms with van der Waals surface area (Å²) in [5.41, 5.74) is 3.07. The molecule has 1 aliphatic rings. The van der Waals surface area contributed by atoms with E-state index in [1.54, 1.807) is 23.0 Å². The molecule has 0 aliphatic heterocycles. The van der Waals surface area contributed by atoms with Gasteiger partial charge < -0.3 is 10.4 Å². The molecule has 0 aromatic carbocycles. The molecule has 10 nitrogen and oxygen atoms in total. The lowest BCUT2D eigenvalue weighted by atomic mass is 10.1. The van der Waals surface area contributed by atoms with Crippen LogP contribution in [0.3, 0.4) is 0 Å². The molecule has 2 N–H and O–H groups in total. The maximum absolute atomic E-state index is 12.0. The van der Waals surface area contributed by atoms with Crippen molar-refractivity contribution in [3.8, 4) is 17.0 Å². The highest BCUT2D eigenvalue weighted by Crippen LogP contribution is 2.30. The van der Waals surface area contributed by atoms with E-state index in [-0.39, 0.29) is 17.7 Å². The highest BCUT2D eigenvalue weighted by atomic mass is 32.2. The molecule has 5 heterocycles. The lowest BCUT2D eigenvalue weighted by Crippen LogP contribution is -2.13. The first kappa shape index (κ1) is 18.8. The van der Waals surface area contributed by atoms with Gasteiger partial charge in [-0.1, -0.05) is 0 Å². The van der Waals surface area contributed by atoms with Crippen molar-refractivity contribution in [3.05, 3.63) is 55.0 Å². The van der Waals surface area contributed by atoms with Gasteiger partial charge in [-0.3, -0.25) is 9.20 Å². The first-order valence-electron chi connectivity index (χ1n) is 9.98. The Morgan fingerprint density at radius 2 is 1.94 bits per heavy atom. The van der Waals surface area contributed by atoms with Gasteiger partial charge >= 0.3 is 0 Å². The molecular formula is C21H16N8O2S. The summed E-state index contributed by atoms with van der Waals surface area (Å²) in [6.45, 7) is 0. The standard InChI is InChI=1S/C21H16N8O2S/c30-18-9-13(7-8-22-18)14-3-4-17-25-26-21(28(17)10-14)32-19-6-5-16-23-15(11-29(16)27-19)24-20(31)12-1-2-12/h3-12H,1-2H2,(H,22,30)(H,24,31). The molecule has 6 rings (SSSR count). The number of pyridine rings is 2. The van der Waals surface area contributed by atoms with Gasteiger partial charge in [0.05, 0.1) is 6.20 Å². The van der Waals surface area contributed by atoms with E-state index in [1.165, 1.54) is 11.8 Å². The first-order valence-corrected chi connectivity index (χ1v) is 10.8. The van der Waals surface area contributed by atoms with Crippen molar-refractivity contribution in [1.82, 2.24) is 34.2 Å². The fraction of sp³-hybridized carbons (Fsp3) is 0.143. The highest BCUT2D eigenvalue weighted by molar-refractivity contribution is 7.99. The van der Waals surface area contributed by atoms with E-state index in [0.29, 0.717) is 27.3 Å². The second kappa shape index (κ2) is 7.31. The minimum atomic E-state index is -0.0357. The summed E-state index contributed by atoms with van der Waals surface area (Å²) >= 11 is 1.36. The molecule has 1 amide bonds. The van der Waals surface area contributed by atoms with Gasteiger partial charge in [0.15, 0.2) is 17.1 Å². The Hall–Kier alpha value is -3.99. The largest absolute Gasteiger partial charge is 0.493 e. The molecule has 0 unspecified atom stereocenters. The third-order valence-electron chi connectivity index (χ3n) is 5.14. The molecule has 0 spiro atoms. The number of imidazole rings is 1. The monoisotopic (exact) mass is 444 g/mol. The molecule has 0 saturated heterocycles. The molecule has 1 aliphatic carbocycles. The number of rotatable bonds is 5. The fourth-order valence-corrected chi connectivity index (χ4v) is 4.13.